The first-order chi connectivity index (χ1) is 9.25. The number of nitrogens with one attached hydrogen (secondary N) is 1. The Morgan fingerprint density at radius 2 is 2.05 bits per heavy atom. The molecule has 3 nitrogen and oxygen atoms in total. The summed E-state index contributed by atoms with van der Waals surface area (Å²) in [7, 11) is 3.48. The summed E-state index contributed by atoms with van der Waals surface area (Å²) in [5, 5.41) is 7.43. The number of likely N-dealkylation sites (N-methyl/N-ethyl adjacent to an activating group) is 1. The summed E-state index contributed by atoms with van der Waals surface area (Å²) in [5.41, 5.74) is 1.93. The Morgan fingerprint density at radius 3 is 2.68 bits per heavy atom. The lowest BCUT2D eigenvalue weighted by Gasteiger charge is -2.38. The SMILES string of the molecule is CNC(=S)C1(c2ccccc2)CCCCC1=NOC. The largest absolute Gasteiger partial charge is 0.399 e. The minimum absolute atomic E-state index is 0.306. The zero-order valence-electron chi connectivity index (χ0n) is 11.5. The van der Waals surface area contributed by atoms with Gasteiger partial charge in [0.05, 0.1) is 16.1 Å². The predicted molar refractivity (Wildman–Crippen MR) is 82.7 cm³/mol. The molecule has 0 heterocycles. The van der Waals surface area contributed by atoms with Crippen LogP contribution in [-0.4, -0.2) is 24.9 Å². The third-order valence-electron chi connectivity index (χ3n) is 3.79. The molecule has 0 aliphatic heterocycles. The summed E-state index contributed by atoms with van der Waals surface area (Å²) in [6.45, 7) is 0. The Hall–Kier alpha value is -1.42. The van der Waals surface area contributed by atoms with Crippen LogP contribution < -0.4 is 5.32 Å². The molecule has 0 bridgehead atoms. The molecule has 1 fully saturated rings. The van der Waals surface area contributed by atoms with E-state index in [0.29, 0.717) is 0 Å². The van der Waals surface area contributed by atoms with Gasteiger partial charge in [-0.1, -0.05) is 54.1 Å². The third-order valence-corrected chi connectivity index (χ3v) is 4.34. The van der Waals surface area contributed by atoms with E-state index in [0.717, 1.165) is 36.4 Å². The Balaban J connectivity index is 2.56. The van der Waals surface area contributed by atoms with Crippen molar-refractivity contribution in [1.29, 1.82) is 0 Å². The van der Waals surface area contributed by atoms with Crippen LogP contribution in [0.25, 0.3) is 0 Å². The van der Waals surface area contributed by atoms with Crippen LogP contribution in [0.1, 0.15) is 31.2 Å². The molecule has 0 aromatic heterocycles. The van der Waals surface area contributed by atoms with E-state index in [9.17, 15) is 0 Å². The summed E-state index contributed by atoms with van der Waals surface area (Å²) in [6, 6.07) is 10.4. The van der Waals surface area contributed by atoms with E-state index in [4.69, 9.17) is 17.1 Å². The van der Waals surface area contributed by atoms with Gasteiger partial charge in [0.2, 0.25) is 0 Å². The number of nitrogens with zero attached hydrogens (tertiary/aromatic N) is 1. The highest BCUT2D eigenvalue weighted by Crippen LogP contribution is 2.38. The molecular weight excluding hydrogens is 256 g/mol. The molecule has 2 rings (SSSR count). The normalized spacial score (nSPS) is 25.1. The van der Waals surface area contributed by atoms with Crippen molar-refractivity contribution in [2.45, 2.75) is 31.1 Å². The summed E-state index contributed by atoms with van der Waals surface area (Å²) in [4.78, 5) is 5.88. The lowest BCUT2D eigenvalue weighted by atomic mass is 9.67. The Morgan fingerprint density at radius 1 is 1.32 bits per heavy atom. The second-order valence-corrected chi connectivity index (χ2v) is 5.19. The minimum atomic E-state index is -0.306. The molecule has 1 aliphatic rings. The van der Waals surface area contributed by atoms with Gasteiger partial charge in [-0.3, -0.25) is 0 Å². The van der Waals surface area contributed by atoms with Crippen LogP contribution >= 0.6 is 12.2 Å². The Bertz CT molecular complexity index is 472. The fraction of sp³-hybridized carbons (Fsp3) is 0.467. The highest BCUT2D eigenvalue weighted by Gasteiger charge is 2.43. The molecule has 1 aromatic rings. The fourth-order valence-corrected chi connectivity index (χ4v) is 3.23. The molecule has 102 valence electrons. The topological polar surface area (TPSA) is 33.6 Å². The van der Waals surface area contributed by atoms with E-state index in [2.05, 4.69) is 22.6 Å². The smallest absolute Gasteiger partial charge is 0.106 e. The summed E-state index contributed by atoms with van der Waals surface area (Å²) in [6.07, 6.45) is 4.21. The van der Waals surface area contributed by atoms with Crippen molar-refractivity contribution in [3.63, 3.8) is 0 Å². The second-order valence-electron chi connectivity index (χ2n) is 4.78. The lowest BCUT2D eigenvalue weighted by Crippen LogP contribution is -2.50. The van der Waals surface area contributed by atoms with E-state index in [1.54, 1.807) is 7.11 Å². The third kappa shape index (κ3) is 2.50. The van der Waals surface area contributed by atoms with Crippen molar-refractivity contribution in [3.05, 3.63) is 35.9 Å². The highest BCUT2D eigenvalue weighted by molar-refractivity contribution is 7.80. The van der Waals surface area contributed by atoms with Gasteiger partial charge in [0, 0.05) is 7.05 Å². The average molecular weight is 276 g/mol. The summed E-state index contributed by atoms with van der Waals surface area (Å²) < 4.78 is 0. The van der Waals surface area contributed by atoms with Crippen molar-refractivity contribution in [3.8, 4) is 0 Å². The number of hydrogen-bond acceptors (Lipinski definition) is 3. The zero-order valence-corrected chi connectivity index (χ0v) is 12.3. The van der Waals surface area contributed by atoms with Crippen LogP contribution in [0.15, 0.2) is 35.5 Å². The fourth-order valence-electron chi connectivity index (χ4n) is 2.90. The molecule has 19 heavy (non-hydrogen) atoms. The maximum Gasteiger partial charge on any atom is 0.106 e. The molecule has 0 saturated heterocycles. The predicted octanol–water partition coefficient (Wildman–Crippen LogP) is 3.05. The van der Waals surface area contributed by atoms with Crippen molar-refractivity contribution in [1.82, 2.24) is 5.32 Å². The first-order valence-electron chi connectivity index (χ1n) is 6.64. The van der Waals surface area contributed by atoms with E-state index in [1.807, 2.05) is 25.2 Å². The molecule has 1 aromatic carbocycles. The van der Waals surface area contributed by atoms with Gasteiger partial charge >= 0.3 is 0 Å². The molecule has 1 N–H and O–H groups in total. The lowest BCUT2D eigenvalue weighted by molar-refractivity contribution is 0.208. The molecule has 1 atom stereocenters. The number of hydrogen-bond donors (Lipinski definition) is 1. The monoisotopic (exact) mass is 276 g/mol. The first kappa shape index (κ1) is 14.0. The molecule has 1 saturated carbocycles. The van der Waals surface area contributed by atoms with Gasteiger partial charge < -0.3 is 10.2 Å². The van der Waals surface area contributed by atoms with E-state index < -0.39 is 0 Å². The molecule has 1 unspecified atom stereocenters. The van der Waals surface area contributed by atoms with Crippen molar-refractivity contribution < 1.29 is 4.84 Å². The molecular formula is C15H20N2OS. The van der Waals surface area contributed by atoms with E-state index >= 15 is 0 Å². The number of benzene rings is 1. The summed E-state index contributed by atoms with van der Waals surface area (Å²) in [5.74, 6) is 0. The van der Waals surface area contributed by atoms with Gasteiger partial charge in [-0.15, -0.1) is 0 Å². The van der Waals surface area contributed by atoms with Crippen LogP contribution in [0.5, 0.6) is 0 Å². The standard InChI is InChI=1S/C15H20N2OS/c1-16-14(19)15(12-8-4-3-5-9-12)11-7-6-10-13(15)17-18-2/h3-5,8-9H,6-7,10-11H2,1-2H3,(H,16,19). The molecule has 0 amide bonds. The quantitative estimate of drug-likeness (QED) is 0.680. The molecule has 0 radical (unpaired) electrons. The maximum atomic E-state index is 5.61. The van der Waals surface area contributed by atoms with Gasteiger partial charge in [0.1, 0.15) is 7.11 Å². The van der Waals surface area contributed by atoms with Crippen LogP contribution in [-0.2, 0) is 10.3 Å². The van der Waals surface area contributed by atoms with E-state index in [-0.39, 0.29) is 5.41 Å². The average Bonchev–Trinajstić information content (AvgIpc) is 2.48. The van der Waals surface area contributed by atoms with Crippen LogP contribution in [0.4, 0.5) is 0 Å². The second kappa shape index (κ2) is 6.15. The van der Waals surface area contributed by atoms with Crippen LogP contribution in [0.2, 0.25) is 0 Å². The van der Waals surface area contributed by atoms with Gasteiger partial charge in [-0.25, -0.2) is 0 Å². The summed E-state index contributed by atoms with van der Waals surface area (Å²) >= 11 is 5.61. The van der Waals surface area contributed by atoms with Gasteiger partial charge in [-0.2, -0.15) is 0 Å². The van der Waals surface area contributed by atoms with Crippen molar-refractivity contribution in [2.75, 3.05) is 14.2 Å². The van der Waals surface area contributed by atoms with Gasteiger partial charge in [-0.05, 0) is 24.8 Å². The van der Waals surface area contributed by atoms with Gasteiger partial charge in [0.15, 0.2) is 0 Å². The van der Waals surface area contributed by atoms with Crippen LogP contribution in [0, 0.1) is 0 Å². The minimum Gasteiger partial charge on any atom is -0.399 e. The first-order valence-corrected chi connectivity index (χ1v) is 7.04. The van der Waals surface area contributed by atoms with Crippen molar-refractivity contribution in [2.24, 2.45) is 5.16 Å². The zero-order chi connectivity index (χ0) is 13.7. The maximum absolute atomic E-state index is 5.61. The van der Waals surface area contributed by atoms with Crippen LogP contribution in [0.3, 0.4) is 0 Å². The Labute approximate surface area is 120 Å². The number of thiocarbonyl (C=S) groups is 1. The van der Waals surface area contributed by atoms with E-state index in [1.165, 1.54) is 5.56 Å². The Kier molecular flexibility index (Phi) is 4.53. The number of oxime groups is 1. The number of rotatable bonds is 3. The van der Waals surface area contributed by atoms with Gasteiger partial charge in [0.25, 0.3) is 0 Å². The molecule has 0 spiro atoms. The highest BCUT2D eigenvalue weighted by atomic mass is 32.1. The molecule has 4 heteroatoms. The molecule has 1 aliphatic carbocycles. The van der Waals surface area contributed by atoms with Crippen molar-refractivity contribution >= 4 is 22.9 Å².